The number of aliphatic carboxylic acids is 1. The lowest BCUT2D eigenvalue weighted by atomic mass is 9.96. The van der Waals surface area contributed by atoms with E-state index in [1.807, 2.05) is 0 Å². The Kier molecular flexibility index (Phi) is 6.13. The fourth-order valence-corrected chi connectivity index (χ4v) is 1.86. The van der Waals surface area contributed by atoms with Gasteiger partial charge >= 0.3 is 12.0 Å². The molecule has 0 aromatic rings. The smallest absolute Gasteiger partial charge is 0.329 e. The number of nitrogens with one attached hydrogen (secondary N) is 2. The Bertz CT molecular complexity index is 313. The summed E-state index contributed by atoms with van der Waals surface area (Å²) < 4.78 is 4.56. The molecule has 0 aliphatic heterocycles. The SMILES string of the molecule is O=C(O)COCC(=O)NC(=O)NC1CCCCC1. The van der Waals surface area contributed by atoms with Crippen molar-refractivity contribution < 1.29 is 24.2 Å². The molecule has 18 heavy (non-hydrogen) atoms. The number of hydrogen-bond donors (Lipinski definition) is 3. The van der Waals surface area contributed by atoms with E-state index in [0.717, 1.165) is 25.7 Å². The van der Waals surface area contributed by atoms with Gasteiger partial charge in [0.25, 0.3) is 5.91 Å². The third-order valence-corrected chi connectivity index (χ3v) is 2.65. The Balaban J connectivity index is 2.14. The van der Waals surface area contributed by atoms with Crippen molar-refractivity contribution in [3.63, 3.8) is 0 Å². The topological polar surface area (TPSA) is 105 Å². The van der Waals surface area contributed by atoms with Crippen molar-refractivity contribution in [2.24, 2.45) is 0 Å². The molecule has 102 valence electrons. The summed E-state index contributed by atoms with van der Waals surface area (Å²) in [6.07, 6.45) is 5.21. The molecule has 0 saturated heterocycles. The lowest BCUT2D eigenvalue weighted by molar-refractivity contribution is -0.143. The number of hydrogen-bond acceptors (Lipinski definition) is 4. The Morgan fingerprint density at radius 2 is 1.78 bits per heavy atom. The number of imide groups is 1. The van der Waals surface area contributed by atoms with Crippen molar-refractivity contribution in [1.82, 2.24) is 10.6 Å². The molecule has 0 aromatic heterocycles. The first-order chi connectivity index (χ1) is 8.58. The zero-order chi connectivity index (χ0) is 13.4. The van der Waals surface area contributed by atoms with Gasteiger partial charge in [-0.15, -0.1) is 0 Å². The van der Waals surface area contributed by atoms with Crippen LogP contribution in [0.1, 0.15) is 32.1 Å². The van der Waals surface area contributed by atoms with Crippen LogP contribution in [0, 0.1) is 0 Å². The highest BCUT2D eigenvalue weighted by molar-refractivity contribution is 5.95. The second-order valence-corrected chi connectivity index (χ2v) is 4.24. The molecule has 0 atom stereocenters. The van der Waals surface area contributed by atoms with Crippen LogP contribution in [0.15, 0.2) is 0 Å². The van der Waals surface area contributed by atoms with Crippen LogP contribution in [-0.2, 0) is 14.3 Å². The van der Waals surface area contributed by atoms with E-state index in [4.69, 9.17) is 5.11 Å². The highest BCUT2D eigenvalue weighted by atomic mass is 16.5. The van der Waals surface area contributed by atoms with Crippen LogP contribution in [0.3, 0.4) is 0 Å². The van der Waals surface area contributed by atoms with Crippen LogP contribution in [0.5, 0.6) is 0 Å². The number of carboxylic acids is 1. The predicted octanol–water partition coefficient (Wildman–Crippen LogP) is 0.246. The highest BCUT2D eigenvalue weighted by Crippen LogP contribution is 2.16. The van der Waals surface area contributed by atoms with Crippen LogP contribution in [-0.4, -0.2) is 42.3 Å². The molecule has 1 saturated carbocycles. The highest BCUT2D eigenvalue weighted by Gasteiger charge is 2.16. The van der Waals surface area contributed by atoms with Crippen LogP contribution < -0.4 is 10.6 Å². The van der Waals surface area contributed by atoms with Gasteiger partial charge in [0.05, 0.1) is 0 Å². The quantitative estimate of drug-likeness (QED) is 0.655. The summed E-state index contributed by atoms with van der Waals surface area (Å²) in [4.78, 5) is 32.7. The maximum atomic E-state index is 11.4. The third kappa shape index (κ3) is 6.19. The van der Waals surface area contributed by atoms with Crippen molar-refractivity contribution in [3.8, 4) is 0 Å². The maximum Gasteiger partial charge on any atom is 0.329 e. The van der Waals surface area contributed by atoms with Gasteiger partial charge in [0.1, 0.15) is 13.2 Å². The summed E-state index contributed by atoms with van der Waals surface area (Å²) in [5, 5.41) is 13.1. The van der Waals surface area contributed by atoms with E-state index in [9.17, 15) is 14.4 Å². The number of ether oxygens (including phenoxy) is 1. The molecular formula is C11H18N2O5. The molecular weight excluding hydrogens is 240 g/mol. The number of carboxylic acid groups (broad SMARTS) is 1. The Morgan fingerprint density at radius 1 is 1.11 bits per heavy atom. The van der Waals surface area contributed by atoms with Gasteiger partial charge in [-0.05, 0) is 12.8 Å². The van der Waals surface area contributed by atoms with Crippen molar-refractivity contribution in [1.29, 1.82) is 0 Å². The van der Waals surface area contributed by atoms with E-state index in [1.54, 1.807) is 0 Å². The number of urea groups is 1. The Hall–Kier alpha value is -1.63. The molecule has 0 unspecified atom stereocenters. The van der Waals surface area contributed by atoms with Gasteiger partial charge in [0.15, 0.2) is 0 Å². The van der Waals surface area contributed by atoms with Gasteiger partial charge in [0.2, 0.25) is 0 Å². The molecule has 1 rings (SSSR count). The molecule has 3 N–H and O–H groups in total. The largest absolute Gasteiger partial charge is 0.480 e. The Labute approximate surface area is 105 Å². The molecule has 0 aromatic carbocycles. The van der Waals surface area contributed by atoms with E-state index in [2.05, 4.69) is 15.4 Å². The first-order valence-electron chi connectivity index (χ1n) is 5.98. The average Bonchev–Trinajstić information content (AvgIpc) is 2.29. The Morgan fingerprint density at radius 3 is 2.39 bits per heavy atom. The molecule has 1 aliphatic rings. The molecule has 3 amide bonds. The van der Waals surface area contributed by atoms with Crippen LogP contribution >= 0.6 is 0 Å². The third-order valence-electron chi connectivity index (χ3n) is 2.65. The summed E-state index contributed by atoms with van der Waals surface area (Å²) >= 11 is 0. The van der Waals surface area contributed by atoms with E-state index in [1.165, 1.54) is 6.42 Å². The number of carbonyl (C=O) groups is 3. The number of rotatable bonds is 5. The van der Waals surface area contributed by atoms with E-state index in [-0.39, 0.29) is 6.04 Å². The molecule has 0 spiro atoms. The van der Waals surface area contributed by atoms with Gasteiger partial charge in [0, 0.05) is 6.04 Å². The predicted molar refractivity (Wildman–Crippen MR) is 62.0 cm³/mol. The molecule has 7 heteroatoms. The van der Waals surface area contributed by atoms with Crippen LogP contribution in [0.2, 0.25) is 0 Å². The zero-order valence-electron chi connectivity index (χ0n) is 10.1. The fourth-order valence-electron chi connectivity index (χ4n) is 1.86. The minimum absolute atomic E-state index is 0.117. The molecule has 1 aliphatic carbocycles. The van der Waals surface area contributed by atoms with Crippen molar-refractivity contribution in [2.45, 2.75) is 38.1 Å². The van der Waals surface area contributed by atoms with E-state index >= 15 is 0 Å². The fraction of sp³-hybridized carbons (Fsp3) is 0.727. The van der Waals surface area contributed by atoms with Gasteiger partial charge < -0.3 is 15.2 Å². The van der Waals surface area contributed by atoms with Gasteiger partial charge in [-0.2, -0.15) is 0 Å². The molecule has 0 radical (unpaired) electrons. The van der Waals surface area contributed by atoms with E-state index < -0.39 is 31.1 Å². The monoisotopic (exact) mass is 258 g/mol. The average molecular weight is 258 g/mol. The van der Waals surface area contributed by atoms with Gasteiger partial charge in [-0.3, -0.25) is 10.1 Å². The molecule has 0 heterocycles. The summed E-state index contributed by atoms with van der Waals surface area (Å²) in [6, 6.07) is -0.433. The zero-order valence-corrected chi connectivity index (χ0v) is 10.1. The van der Waals surface area contributed by atoms with Crippen molar-refractivity contribution in [2.75, 3.05) is 13.2 Å². The first-order valence-corrected chi connectivity index (χ1v) is 5.98. The normalized spacial score (nSPS) is 16.0. The minimum atomic E-state index is -1.16. The van der Waals surface area contributed by atoms with Crippen LogP contribution in [0.4, 0.5) is 4.79 Å². The molecule has 0 bridgehead atoms. The summed E-state index contributed by atoms with van der Waals surface area (Å²) in [6.45, 7) is -0.998. The first kappa shape index (κ1) is 14.4. The number of carbonyl (C=O) groups excluding carboxylic acids is 2. The summed E-state index contributed by atoms with van der Waals surface area (Å²) in [7, 11) is 0. The standard InChI is InChI=1S/C11H18N2O5/c14-9(6-18-7-10(15)16)13-11(17)12-8-4-2-1-3-5-8/h8H,1-7H2,(H,15,16)(H2,12,13,14,17). The lowest BCUT2D eigenvalue weighted by Gasteiger charge is -2.22. The van der Waals surface area contributed by atoms with Gasteiger partial charge in [-0.1, -0.05) is 19.3 Å². The van der Waals surface area contributed by atoms with Crippen molar-refractivity contribution in [3.05, 3.63) is 0 Å². The minimum Gasteiger partial charge on any atom is -0.480 e. The molecule has 7 nitrogen and oxygen atoms in total. The van der Waals surface area contributed by atoms with E-state index in [0.29, 0.717) is 0 Å². The van der Waals surface area contributed by atoms with Gasteiger partial charge in [-0.25, -0.2) is 9.59 Å². The van der Waals surface area contributed by atoms with Crippen LogP contribution in [0.25, 0.3) is 0 Å². The maximum absolute atomic E-state index is 11.4. The summed E-state index contributed by atoms with van der Waals surface area (Å²) in [5.41, 5.74) is 0. The lowest BCUT2D eigenvalue weighted by Crippen LogP contribution is -2.46. The van der Waals surface area contributed by atoms with Crippen molar-refractivity contribution >= 4 is 17.9 Å². The molecule has 1 fully saturated rings. The second-order valence-electron chi connectivity index (χ2n) is 4.24. The summed E-state index contributed by atoms with van der Waals surface area (Å²) in [5.74, 6) is -1.81. The number of amides is 3. The second kappa shape index (κ2) is 7.65.